The molecule has 0 bridgehead atoms. The van der Waals surface area contributed by atoms with Crippen LogP contribution in [0.2, 0.25) is 0 Å². The standard InChI is InChI=1S/C19H18N2O5/c1-19(23,17-11-14-4-2-3-5-16(14)26-17)12-20-18(22)10-13-6-8-15(9-7-13)21(24)25/h2-9,11,23H,10,12H2,1H3,(H,20,22). The number of aliphatic hydroxyl groups is 1. The summed E-state index contributed by atoms with van der Waals surface area (Å²) in [7, 11) is 0. The SMILES string of the molecule is CC(O)(CNC(=O)Cc1ccc([N+](=O)[O-])cc1)c1cc2ccccc2o1. The van der Waals surface area contributed by atoms with E-state index in [0.717, 1.165) is 5.39 Å². The van der Waals surface area contributed by atoms with Gasteiger partial charge in [0.2, 0.25) is 5.91 Å². The average molecular weight is 354 g/mol. The van der Waals surface area contributed by atoms with Crippen molar-refractivity contribution in [3.05, 3.63) is 76.0 Å². The first-order valence-corrected chi connectivity index (χ1v) is 8.07. The largest absolute Gasteiger partial charge is 0.458 e. The molecule has 0 aliphatic carbocycles. The number of nitrogens with zero attached hydrogens (tertiary/aromatic N) is 1. The molecule has 7 nitrogen and oxygen atoms in total. The molecule has 7 heteroatoms. The fraction of sp³-hybridized carbons (Fsp3) is 0.211. The summed E-state index contributed by atoms with van der Waals surface area (Å²) < 4.78 is 5.65. The van der Waals surface area contributed by atoms with Gasteiger partial charge in [-0.3, -0.25) is 14.9 Å². The van der Waals surface area contributed by atoms with Crippen molar-refractivity contribution in [2.24, 2.45) is 0 Å². The number of nitrogens with one attached hydrogen (secondary N) is 1. The number of amides is 1. The lowest BCUT2D eigenvalue weighted by molar-refractivity contribution is -0.384. The first-order valence-electron chi connectivity index (χ1n) is 8.07. The number of nitro groups is 1. The minimum atomic E-state index is -1.36. The second kappa shape index (κ2) is 6.97. The number of furan rings is 1. The summed E-state index contributed by atoms with van der Waals surface area (Å²) in [6, 6.07) is 14.9. The van der Waals surface area contributed by atoms with E-state index in [4.69, 9.17) is 4.42 Å². The zero-order valence-electron chi connectivity index (χ0n) is 14.1. The summed E-state index contributed by atoms with van der Waals surface area (Å²) in [5.74, 6) is 0.0737. The first-order chi connectivity index (χ1) is 12.3. The van der Waals surface area contributed by atoms with Crippen LogP contribution in [-0.4, -0.2) is 22.5 Å². The topological polar surface area (TPSA) is 106 Å². The molecule has 2 aromatic carbocycles. The summed E-state index contributed by atoms with van der Waals surface area (Å²) in [6.07, 6.45) is 0.0637. The van der Waals surface area contributed by atoms with Gasteiger partial charge in [0.1, 0.15) is 16.9 Å². The molecule has 1 aromatic heterocycles. The second-order valence-electron chi connectivity index (χ2n) is 6.30. The van der Waals surface area contributed by atoms with Gasteiger partial charge in [-0.05, 0) is 24.6 Å². The molecule has 0 saturated heterocycles. The highest BCUT2D eigenvalue weighted by Gasteiger charge is 2.28. The molecule has 0 fully saturated rings. The number of non-ortho nitro benzene ring substituents is 1. The number of fused-ring (bicyclic) bond motifs is 1. The van der Waals surface area contributed by atoms with Crippen LogP contribution in [-0.2, 0) is 16.8 Å². The van der Waals surface area contributed by atoms with Crippen LogP contribution in [0.4, 0.5) is 5.69 Å². The monoisotopic (exact) mass is 354 g/mol. The molecule has 134 valence electrons. The lowest BCUT2D eigenvalue weighted by Crippen LogP contribution is -2.39. The molecular formula is C19H18N2O5. The Morgan fingerprint density at radius 2 is 1.92 bits per heavy atom. The van der Waals surface area contributed by atoms with Crippen LogP contribution < -0.4 is 5.32 Å². The number of carbonyl (C=O) groups excluding carboxylic acids is 1. The van der Waals surface area contributed by atoms with Gasteiger partial charge in [-0.15, -0.1) is 0 Å². The fourth-order valence-corrected chi connectivity index (χ4v) is 2.59. The third kappa shape index (κ3) is 3.89. The van der Waals surface area contributed by atoms with Crippen LogP contribution in [0.15, 0.2) is 59.0 Å². The van der Waals surface area contributed by atoms with Gasteiger partial charge in [0.15, 0.2) is 0 Å². The van der Waals surface area contributed by atoms with Gasteiger partial charge in [-0.25, -0.2) is 0 Å². The average Bonchev–Trinajstić information content (AvgIpc) is 3.06. The van der Waals surface area contributed by atoms with Crippen molar-refractivity contribution in [1.29, 1.82) is 0 Å². The summed E-state index contributed by atoms with van der Waals surface area (Å²) in [4.78, 5) is 22.2. The van der Waals surface area contributed by atoms with Gasteiger partial charge in [-0.2, -0.15) is 0 Å². The molecule has 0 aliphatic heterocycles. The van der Waals surface area contributed by atoms with Gasteiger partial charge in [0, 0.05) is 17.5 Å². The van der Waals surface area contributed by atoms with E-state index in [2.05, 4.69) is 5.32 Å². The third-order valence-corrected chi connectivity index (χ3v) is 4.10. The zero-order valence-corrected chi connectivity index (χ0v) is 14.1. The Bertz CT molecular complexity index is 911. The number of benzene rings is 2. The molecule has 3 aromatic rings. The molecule has 3 rings (SSSR count). The lowest BCUT2D eigenvalue weighted by Gasteiger charge is -2.21. The van der Waals surface area contributed by atoms with E-state index in [1.165, 1.54) is 24.3 Å². The Morgan fingerprint density at radius 3 is 2.58 bits per heavy atom. The van der Waals surface area contributed by atoms with E-state index in [-0.39, 0.29) is 24.6 Å². The number of hydrogen-bond donors (Lipinski definition) is 2. The van der Waals surface area contributed by atoms with E-state index in [1.807, 2.05) is 24.3 Å². The molecule has 1 atom stereocenters. The predicted molar refractivity (Wildman–Crippen MR) is 95.6 cm³/mol. The van der Waals surface area contributed by atoms with E-state index < -0.39 is 10.5 Å². The van der Waals surface area contributed by atoms with Gasteiger partial charge in [0.05, 0.1) is 17.9 Å². The fourth-order valence-electron chi connectivity index (χ4n) is 2.59. The Morgan fingerprint density at radius 1 is 1.23 bits per heavy atom. The molecule has 1 heterocycles. The number of para-hydroxylation sites is 1. The molecule has 26 heavy (non-hydrogen) atoms. The maximum Gasteiger partial charge on any atom is 0.269 e. The van der Waals surface area contributed by atoms with Crippen molar-refractivity contribution < 1.29 is 19.2 Å². The lowest BCUT2D eigenvalue weighted by atomic mass is 10.0. The van der Waals surface area contributed by atoms with E-state index in [9.17, 15) is 20.0 Å². The Hall–Kier alpha value is -3.19. The van der Waals surface area contributed by atoms with Crippen LogP contribution >= 0.6 is 0 Å². The Labute approximate surface area is 149 Å². The highest BCUT2D eigenvalue weighted by Crippen LogP contribution is 2.27. The van der Waals surface area contributed by atoms with Crippen LogP contribution in [0.25, 0.3) is 11.0 Å². The van der Waals surface area contributed by atoms with Crippen molar-refractivity contribution >= 4 is 22.6 Å². The summed E-state index contributed by atoms with van der Waals surface area (Å²) in [5, 5.41) is 24.8. The van der Waals surface area contributed by atoms with Crippen LogP contribution in [0.5, 0.6) is 0 Å². The molecule has 0 radical (unpaired) electrons. The van der Waals surface area contributed by atoms with Gasteiger partial charge < -0.3 is 14.8 Å². The highest BCUT2D eigenvalue weighted by molar-refractivity contribution is 5.79. The van der Waals surface area contributed by atoms with E-state index in [1.54, 1.807) is 13.0 Å². The minimum absolute atomic E-state index is 0.0152. The quantitative estimate of drug-likeness (QED) is 0.523. The number of hydrogen-bond acceptors (Lipinski definition) is 5. The molecule has 0 aliphatic rings. The Kier molecular flexibility index (Phi) is 4.73. The molecule has 2 N–H and O–H groups in total. The van der Waals surface area contributed by atoms with Crippen LogP contribution in [0.1, 0.15) is 18.2 Å². The number of nitro benzene ring substituents is 1. The molecule has 1 amide bonds. The maximum absolute atomic E-state index is 12.1. The van der Waals surface area contributed by atoms with Crippen LogP contribution in [0.3, 0.4) is 0 Å². The normalized spacial score (nSPS) is 13.3. The van der Waals surface area contributed by atoms with Crippen molar-refractivity contribution in [2.45, 2.75) is 18.9 Å². The van der Waals surface area contributed by atoms with E-state index >= 15 is 0 Å². The van der Waals surface area contributed by atoms with Crippen LogP contribution in [0, 0.1) is 10.1 Å². The molecule has 0 saturated carbocycles. The summed E-state index contributed by atoms with van der Waals surface area (Å²) >= 11 is 0. The smallest absolute Gasteiger partial charge is 0.269 e. The van der Waals surface area contributed by atoms with Crippen molar-refractivity contribution in [3.8, 4) is 0 Å². The maximum atomic E-state index is 12.1. The minimum Gasteiger partial charge on any atom is -0.458 e. The Balaban J connectivity index is 1.61. The second-order valence-corrected chi connectivity index (χ2v) is 6.30. The molecule has 0 spiro atoms. The van der Waals surface area contributed by atoms with Gasteiger partial charge in [0.25, 0.3) is 5.69 Å². The summed E-state index contributed by atoms with van der Waals surface area (Å²) in [6.45, 7) is 1.55. The number of carbonyl (C=O) groups is 1. The predicted octanol–water partition coefficient (Wildman–Crippen LogP) is 2.91. The summed E-state index contributed by atoms with van der Waals surface area (Å²) in [5.41, 5.74) is -0.0668. The van der Waals surface area contributed by atoms with Gasteiger partial charge >= 0.3 is 0 Å². The first kappa shape index (κ1) is 17.6. The van der Waals surface area contributed by atoms with E-state index in [0.29, 0.717) is 16.9 Å². The number of rotatable bonds is 6. The highest BCUT2D eigenvalue weighted by atomic mass is 16.6. The third-order valence-electron chi connectivity index (χ3n) is 4.10. The zero-order chi connectivity index (χ0) is 18.7. The van der Waals surface area contributed by atoms with Crippen molar-refractivity contribution in [3.63, 3.8) is 0 Å². The van der Waals surface area contributed by atoms with Gasteiger partial charge in [-0.1, -0.05) is 30.3 Å². The van der Waals surface area contributed by atoms with Crippen molar-refractivity contribution in [2.75, 3.05) is 6.54 Å². The molecular weight excluding hydrogens is 336 g/mol. The molecule has 1 unspecified atom stereocenters. The van der Waals surface area contributed by atoms with Crippen molar-refractivity contribution in [1.82, 2.24) is 5.32 Å².